The molecule has 1 atom stereocenters. The minimum absolute atomic E-state index is 0.382. The minimum Gasteiger partial charge on any atom is -0.149 e. The first-order valence-corrected chi connectivity index (χ1v) is 8.48. The van der Waals surface area contributed by atoms with Crippen LogP contribution in [0.2, 0.25) is 0 Å². The molecule has 5 heteroatoms. The number of hydrogen-bond acceptors (Lipinski definition) is 2. The number of alkyl halides is 1. The molecule has 0 radical (unpaired) electrons. The van der Waals surface area contributed by atoms with Crippen LogP contribution in [0.5, 0.6) is 0 Å². The van der Waals surface area contributed by atoms with Crippen LogP contribution < -0.4 is 0 Å². The maximum Gasteiger partial charge on any atom is 0.0753 e. The van der Waals surface area contributed by atoms with Gasteiger partial charge in [-0.2, -0.15) is 0 Å². The fraction of sp³-hybridized carbons (Fsp3) is 0.200. The summed E-state index contributed by atoms with van der Waals surface area (Å²) in [7, 11) is 0. The van der Waals surface area contributed by atoms with Gasteiger partial charge >= 0.3 is 0 Å². The second kappa shape index (κ2) is 5.45. The van der Waals surface area contributed by atoms with Crippen LogP contribution in [0.15, 0.2) is 31.2 Å². The van der Waals surface area contributed by atoms with Gasteiger partial charge in [0.2, 0.25) is 0 Å². The molecular formula is C10H7Br3S2. The van der Waals surface area contributed by atoms with Crippen LogP contribution in [0.1, 0.15) is 15.3 Å². The Morgan fingerprint density at radius 1 is 1.33 bits per heavy atom. The molecule has 0 N–H and O–H groups in total. The fourth-order valence-electron chi connectivity index (χ4n) is 1.28. The van der Waals surface area contributed by atoms with Crippen molar-refractivity contribution in [2.24, 2.45) is 0 Å². The lowest BCUT2D eigenvalue weighted by Crippen LogP contribution is -1.91. The van der Waals surface area contributed by atoms with Crippen molar-refractivity contribution in [3.8, 4) is 0 Å². The molecule has 0 bridgehead atoms. The van der Waals surface area contributed by atoms with Gasteiger partial charge in [-0.1, -0.05) is 22.0 Å². The van der Waals surface area contributed by atoms with Crippen molar-refractivity contribution in [1.82, 2.24) is 0 Å². The Morgan fingerprint density at radius 3 is 2.67 bits per heavy atom. The van der Waals surface area contributed by atoms with Gasteiger partial charge in [0, 0.05) is 9.70 Å². The van der Waals surface area contributed by atoms with Crippen molar-refractivity contribution >= 4 is 70.5 Å². The summed E-state index contributed by atoms with van der Waals surface area (Å²) in [4.78, 5) is 1.79. The summed E-state index contributed by atoms with van der Waals surface area (Å²) in [5.74, 6) is 0. The Kier molecular flexibility index (Phi) is 4.47. The summed E-state index contributed by atoms with van der Waals surface area (Å²) in [6.07, 6.45) is 1.04. The first-order valence-electron chi connectivity index (χ1n) is 4.28. The van der Waals surface area contributed by atoms with Crippen LogP contribution in [0.3, 0.4) is 0 Å². The Morgan fingerprint density at radius 2 is 2.13 bits per heavy atom. The highest BCUT2D eigenvalue weighted by Gasteiger charge is 2.15. The molecule has 0 aliphatic carbocycles. The molecule has 80 valence electrons. The average Bonchev–Trinajstić information content (AvgIpc) is 2.75. The first kappa shape index (κ1) is 12.3. The molecule has 2 rings (SSSR count). The maximum absolute atomic E-state index is 3.73. The summed E-state index contributed by atoms with van der Waals surface area (Å²) in [5.41, 5.74) is 1.32. The van der Waals surface area contributed by atoms with E-state index in [4.69, 9.17) is 0 Å². The van der Waals surface area contributed by atoms with Gasteiger partial charge in [0.25, 0.3) is 0 Å². The van der Waals surface area contributed by atoms with E-state index in [2.05, 4.69) is 71.4 Å². The number of thiophene rings is 2. The van der Waals surface area contributed by atoms with E-state index < -0.39 is 0 Å². The van der Waals surface area contributed by atoms with Crippen molar-refractivity contribution in [2.75, 3.05) is 0 Å². The topological polar surface area (TPSA) is 0 Å². The van der Waals surface area contributed by atoms with Gasteiger partial charge in [0.05, 0.1) is 7.57 Å². The van der Waals surface area contributed by atoms with Gasteiger partial charge in [-0.25, -0.2) is 0 Å². The van der Waals surface area contributed by atoms with Gasteiger partial charge in [-0.3, -0.25) is 0 Å². The fourth-order valence-corrected chi connectivity index (χ4v) is 6.39. The lowest BCUT2D eigenvalue weighted by Gasteiger charge is -2.06. The molecule has 0 saturated carbocycles. The van der Waals surface area contributed by atoms with E-state index in [0.29, 0.717) is 4.83 Å². The summed E-state index contributed by atoms with van der Waals surface area (Å²) in [6, 6.07) is 6.44. The summed E-state index contributed by atoms with van der Waals surface area (Å²) in [6.45, 7) is 0. The van der Waals surface area contributed by atoms with E-state index in [1.165, 1.54) is 18.0 Å². The van der Waals surface area contributed by atoms with Crippen LogP contribution in [0.25, 0.3) is 0 Å². The Hall–Kier alpha value is 0.840. The average molecular weight is 431 g/mol. The van der Waals surface area contributed by atoms with Crippen molar-refractivity contribution in [3.63, 3.8) is 0 Å². The van der Waals surface area contributed by atoms with Gasteiger partial charge in [-0.05, 0) is 61.4 Å². The summed E-state index contributed by atoms with van der Waals surface area (Å²) >= 11 is 14.3. The van der Waals surface area contributed by atoms with Crippen LogP contribution in [-0.2, 0) is 6.42 Å². The molecule has 0 fully saturated rings. The normalized spacial score (nSPS) is 13.0. The molecule has 1 unspecified atom stereocenters. The SMILES string of the molecule is Brc1cc(C(Br)Cc2cccs2)c(Br)s1. The molecule has 0 nitrogen and oxygen atoms in total. The zero-order valence-electron chi connectivity index (χ0n) is 7.54. The van der Waals surface area contributed by atoms with Crippen LogP contribution >= 0.6 is 70.5 Å². The van der Waals surface area contributed by atoms with Crippen molar-refractivity contribution in [2.45, 2.75) is 11.2 Å². The van der Waals surface area contributed by atoms with Gasteiger partial charge < -0.3 is 0 Å². The maximum atomic E-state index is 3.73. The third-order valence-corrected chi connectivity index (χ3v) is 6.08. The van der Waals surface area contributed by atoms with Gasteiger partial charge in [-0.15, -0.1) is 22.7 Å². The number of hydrogen-bond donors (Lipinski definition) is 0. The van der Waals surface area contributed by atoms with Crippen molar-refractivity contribution < 1.29 is 0 Å². The van der Waals surface area contributed by atoms with E-state index in [9.17, 15) is 0 Å². The molecule has 0 aliphatic rings. The Balaban J connectivity index is 2.14. The number of halogens is 3. The zero-order valence-corrected chi connectivity index (χ0v) is 13.9. The second-order valence-corrected chi connectivity index (χ2v) is 8.92. The highest BCUT2D eigenvalue weighted by Crippen LogP contribution is 2.40. The molecular weight excluding hydrogens is 424 g/mol. The largest absolute Gasteiger partial charge is 0.149 e. The Labute approximate surface area is 122 Å². The summed E-state index contributed by atoms with van der Waals surface area (Å²) in [5, 5.41) is 2.12. The molecule has 0 amide bonds. The quantitative estimate of drug-likeness (QED) is 0.523. The smallest absolute Gasteiger partial charge is 0.0753 e. The van der Waals surface area contributed by atoms with E-state index in [-0.39, 0.29) is 0 Å². The third-order valence-electron chi connectivity index (χ3n) is 1.98. The van der Waals surface area contributed by atoms with Crippen LogP contribution in [0, 0.1) is 0 Å². The van der Waals surface area contributed by atoms with E-state index in [0.717, 1.165) is 6.42 Å². The molecule has 0 saturated heterocycles. The predicted molar refractivity (Wildman–Crippen MR) is 79.4 cm³/mol. The second-order valence-electron chi connectivity index (χ2n) is 3.03. The van der Waals surface area contributed by atoms with Gasteiger partial charge in [0.1, 0.15) is 0 Å². The van der Waals surface area contributed by atoms with Crippen LogP contribution in [-0.4, -0.2) is 0 Å². The lowest BCUT2D eigenvalue weighted by atomic mass is 10.2. The molecule has 0 aliphatic heterocycles. The van der Waals surface area contributed by atoms with E-state index >= 15 is 0 Å². The first-order chi connectivity index (χ1) is 7.16. The monoisotopic (exact) mass is 428 g/mol. The molecule has 2 aromatic rings. The number of rotatable bonds is 3. The van der Waals surface area contributed by atoms with Crippen molar-refractivity contribution in [1.29, 1.82) is 0 Å². The summed E-state index contributed by atoms with van der Waals surface area (Å²) < 4.78 is 2.37. The van der Waals surface area contributed by atoms with Crippen LogP contribution in [0.4, 0.5) is 0 Å². The lowest BCUT2D eigenvalue weighted by molar-refractivity contribution is 0.970. The predicted octanol–water partition coefficient (Wildman–Crippen LogP) is 6.01. The van der Waals surface area contributed by atoms with E-state index in [1.807, 2.05) is 0 Å². The van der Waals surface area contributed by atoms with Gasteiger partial charge in [0.15, 0.2) is 0 Å². The highest BCUT2D eigenvalue weighted by atomic mass is 79.9. The molecule has 2 heterocycles. The standard InChI is InChI=1S/C10H7Br3S2/c11-8(4-6-2-1-3-14-6)7-5-9(12)15-10(7)13/h1-3,5,8H,4H2. The van der Waals surface area contributed by atoms with Crippen molar-refractivity contribution in [3.05, 3.63) is 41.6 Å². The third kappa shape index (κ3) is 3.16. The molecule has 15 heavy (non-hydrogen) atoms. The Bertz CT molecular complexity index is 433. The molecule has 0 aromatic carbocycles. The minimum atomic E-state index is 0.382. The molecule has 2 aromatic heterocycles. The zero-order chi connectivity index (χ0) is 10.8. The molecule has 0 spiro atoms. The van der Waals surface area contributed by atoms with E-state index in [1.54, 1.807) is 22.7 Å². The highest BCUT2D eigenvalue weighted by molar-refractivity contribution is 9.12.